The van der Waals surface area contributed by atoms with Crippen LogP contribution >= 0.6 is 15.9 Å². The molecule has 0 bridgehead atoms. The molecule has 108 valence electrons. The molecule has 1 atom stereocenters. The van der Waals surface area contributed by atoms with Gasteiger partial charge in [0.05, 0.1) is 0 Å². The third-order valence-corrected chi connectivity index (χ3v) is 4.24. The van der Waals surface area contributed by atoms with Gasteiger partial charge in [0.2, 0.25) is 5.91 Å². The summed E-state index contributed by atoms with van der Waals surface area (Å²) in [5.74, 6) is -1.21. The highest BCUT2D eigenvalue weighted by molar-refractivity contribution is 9.10. The van der Waals surface area contributed by atoms with E-state index in [0.29, 0.717) is 5.56 Å². The number of nitrogens with one attached hydrogen (secondary N) is 1. The molecule has 2 rings (SSSR count). The van der Waals surface area contributed by atoms with E-state index in [1.807, 2.05) is 0 Å². The van der Waals surface area contributed by atoms with Crippen LogP contribution in [0.4, 0.5) is 0 Å². The maximum Gasteiger partial charge on any atom is 0.330 e. The number of hydrogen-bond acceptors (Lipinski definition) is 2. The normalized spacial score (nSPS) is 17.4. The van der Waals surface area contributed by atoms with Crippen molar-refractivity contribution >= 4 is 27.8 Å². The van der Waals surface area contributed by atoms with Crippen LogP contribution in [0.25, 0.3) is 0 Å². The number of aliphatic carboxylic acids is 1. The first kappa shape index (κ1) is 15.0. The Morgan fingerprint density at radius 3 is 2.30 bits per heavy atom. The number of carbonyl (C=O) groups is 2. The average Bonchev–Trinajstić information content (AvgIpc) is 2.46. The van der Waals surface area contributed by atoms with Gasteiger partial charge in [-0.2, -0.15) is 0 Å². The van der Waals surface area contributed by atoms with Crippen LogP contribution in [0.2, 0.25) is 0 Å². The summed E-state index contributed by atoms with van der Waals surface area (Å²) in [7, 11) is 0. The number of rotatable bonds is 4. The number of hydrogen-bond donors (Lipinski definition) is 2. The fourth-order valence-electron chi connectivity index (χ4n) is 2.57. The van der Waals surface area contributed by atoms with Gasteiger partial charge < -0.3 is 10.4 Å². The molecule has 1 amide bonds. The van der Waals surface area contributed by atoms with Gasteiger partial charge in [-0.05, 0) is 30.5 Å². The number of halogens is 1. The van der Waals surface area contributed by atoms with Gasteiger partial charge >= 0.3 is 5.97 Å². The molecule has 1 aromatic rings. The van der Waals surface area contributed by atoms with Crippen LogP contribution in [-0.4, -0.2) is 17.0 Å². The van der Waals surface area contributed by atoms with Gasteiger partial charge in [0.15, 0.2) is 6.04 Å². The molecule has 0 saturated heterocycles. The molecule has 0 heterocycles. The van der Waals surface area contributed by atoms with E-state index < -0.39 is 12.0 Å². The minimum Gasteiger partial charge on any atom is -0.479 e. The third kappa shape index (κ3) is 3.82. The van der Waals surface area contributed by atoms with Crippen molar-refractivity contribution in [1.29, 1.82) is 0 Å². The second-order valence-electron chi connectivity index (χ2n) is 5.17. The lowest BCUT2D eigenvalue weighted by molar-refractivity contribution is -0.142. The largest absolute Gasteiger partial charge is 0.479 e. The molecule has 0 aliphatic heterocycles. The van der Waals surface area contributed by atoms with Gasteiger partial charge in [0.1, 0.15) is 0 Å². The van der Waals surface area contributed by atoms with E-state index in [-0.39, 0.29) is 11.8 Å². The minimum atomic E-state index is -1.03. The summed E-state index contributed by atoms with van der Waals surface area (Å²) < 4.78 is 0.879. The molecular formula is C15H18BrNO3. The van der Waals surface area contributed by atoms with E-state index in [4.69, 9.17) is 0 Å². The summed E-state index contributed by atoms with van der Waals surface area (Å²) in [5, 5.41) is 12.0. The van der Waals surface area contributed by atoms with Crippen LogP contribution in [0.3, 0.4) is 0 Å². The first-order valence-corrected chi connectivity index (χ1v) is 7.66. The minimum absolute atomic E-state index is 0.0407. The fraction of sp³-hybridized carbons (Fsp3) is 0.467. The summed E-state index contributed by atoms with van der Waals surface area (Å²) in [6.45, 7) is 0. The number of carboxylic acids is 1. The van der Waals surface area contributed by atoms with Crippen LogP contribution in [0.1, 0.15) is 43.7 Å². The van der Waals surface area contributed by atoms with Gasteiger partial charge in [-0.3, -0.25) is 4.79 Å². The lowest BCUT2D eigenvalue weighted by Gasteiger charge is -2.23. The van der Waals surface area contributed by atoms with E-state index in [2.05, 4.69) is 21.2 Å². The SMILES string of the molecule is O=C(NC(C(=O)O)c1ccc(Br)cc1)C1CCCCC1. The first-order chi connectivity index (χ1) is 9.58. The number of carbonyl (C=O) groups excluding carboxylic acids is 1. The molecule has 1 aromatic carbocycles. The molecule has 0 aromatic heterocycles. The van der Waals surface area contributed by atoms with E-state index in [1.165, 1.54) is 6.42 Å². The third-order valence-electron chi connectivity index (χ3n) is 3.71. The smallest absolute Gasteiger partial charge is 0.330 e. The standard InChI is InChI=1S/C15H18BrNO3/c16-12-8-6-10(7-9-12)13(15(19)20)17-14(18)11-4-2-1-3-5-11/h6-9,11,13H,1-5H2,(H,17,18)(H,19,20). The molecular weight excluding hydrogens is 322 g/mol. The molecule has 4 nitrogen and oxygen atoms in total. The van der Waals surface area contributed by atoms with Crippen LogP contribution in [0.15, 0.2) is 28.7 Å². The summed E-state index contributed by atoms with van der Waals surface area (Å²) in [6, 6.07) is 6.00. The number of amides is 1. The highest BCUT2D eigenvalue weighted by Gasteiger charge is 2.27. The van der Waals surface area contributed by atoms with E-state index in [0.717, 1.165) is 30.2 Å². The van der Waals surface area contributed by atoms with Crippen LogP contribution in [-0.2, 0) is 9.59 Å². The molecule has 0 radical (unpaired) electrons. The summed E-state index contributed by atoms with van der Waals surface area (Å²) in [6.07, 6.45) is 4.98. The second kappa shape index (κ2) is 6.88. The maximum absolute atomic E-state index is 12.2. The van der Waals surface area contributed by atoms with E-state index >= 15 is 0 Å². The Kier molecular flexibility index (Phi) is 5.17. The fourth-order valence-corrected chi connectivity index (χ4v) is 2.83. The first-order valence-electron chi connectivity index (χ1n) is 6.86. The predicted octanol–water partition coefficient (Wildman–Crippen LogP) is 3.27. The Hall–Kier alpha value is -1.36. The van der Waals surface area contributed by atoms with Crippen LogP contribution in [0.5, 0.6) is 0 Å². The van der Waals surface area contributed by atoms with Crippen molar-refractivity contribution in [2.24, 2.45) is 5.92 Å². The lowest BCUT2D eigenvalue weighted by atomic mass is 9.88. The zero-order valence-corrected chi connectivity index (χ0v) is 12.7. The molecule has 20 heavy (non-hydrogen) atoms. The van der Waals surface area contributed by atoms with Crippen molar-refractivity contribution in [2.75, 3.05) is 0 Å². The molecule has 1 aliphatic carbocycles. The van der Waals surface area contributed by atoms with Crippen molar-refractivity contribution in [1.82, 2.24) is 5.32 Å². The van der Waals surface area contributed by atoms with Crippen LogP contribution in [0, 0.1) is 5.92 Å². The predicted molar refractivity (Wildman–Crippen MR) is 79.2 cm³/mol. The molecule has 5 heteroatoms. The molecule has 1 fully saturated rings. The van der Waals surface area contributed by atoms with Crippen LogP contribution < -0.4 is 5.32 Å². The monoisotopic (exact) mass is 339 g/mol. The Morgan fingerprint density at radius 2 is 1.75 bits per heavy atom. The van der Waals surface area contributed by atoms with Crippen molar-refractivity contribution in [3.05, 3.63) is 34.3 Å². The topological polar surface area (TPSA) is 66.4 Å². The van der Waals surface area contributed by atoms with E-state index in [1.54, 1.807) is 24.3 Å². The van der Waals surface area contributed by atoms with Gasteiger partial charge in [-0.1, -0.05) is 47.3 Å². The molecule has 1 aliphatic rings. The van der Waals surface area contributed by atoms with Gasteiger partial charge in [0.25, 0.3) is 0 Å². The average molecular weight is 340 g/mol. The Morgan fingerprint density at radius 1 is 1.15 bits per heavy atom. The molecule has 0 spiro atoms. The Labute approximate surface area is 126 Å². The number of benzene rings is 1. The number of carboxylic acid groups (broad SMARTS) is 1. The van der Waals surface area contributed by atoms with Crippen molar-refractivity contribution < 1.29 is 14.7 Å². The molecule has 1 saturated carbocycles. The summed E-state index contributed by atoms with van der Waals surface area (Å²) in [4.78, 5) is 23.5. The van der Waals surface area contributed by atoms with Gasteiger partial charge in [-0.25, -0.2) is 4.79 Å². The Bertz CT molecular complexity index is 480. The molecule has 2 N–H and O–H groups in total. The zero-order chi connectivity index (χ0) is 14.5. The van der Waals surface area contributed by atoms with Crippen molar-refractivity contribution in [2.45, 2.75) is 38.1 Å². The lowest BCUT2D eigenvalue weighted by Crippen LogP contribution is -2.38. The highest BCUT2D eigenvalue weighted by Crippen LogP contribution is 2.25. The zero-order valence-electron chi connectivity index (χ0n) is 11.1. The van der Waals surface area contributed by atoms with Gasteiger partial charge in [-0.15, -0.1) is 0 Å². The second-order valence-corrected chi connectivity index (χ2v) is 6.08. The maximum atomic E-state index is 12.2. The Balaban J connectivity index is 2.07. The summed E-state index contributed by atoms with van der Waals surface area (Å²) >= 11 is 3.31. The highest BCUT2D eigenvalue weighted by atomic mass is 79.9. The quantitative estimate of drug-likeness (QED) is 0.884. The summed E-state index contributed by atoms with van der Waals surface area (Å²) in [5.41, 5.74) is 0.588. The van der Waals surface area contributed by atoms with Crippen molar-refractivity contribution in [3.8, 4) is 0 Å². The molecule has 1 unspecified atom stereocenters. The van der Waals surface area contributed by atoms with Crippen molar-refractivity contribution in [3.63, 3.8) is 0 Å². The van der Waals surface area contributed by atoms with E-state index in [9.17, 15) is 14.7 Å². The van der Waals surface area contributed by atoms with Gasteiger partial charge in [0, 0.05) is 10.4 Å².